The Labute approximate surface area is 99.9 Å². The van der Waals surface area contributed by atoms with Crippen molar-refractivity contribution >= 4 is 11.5 Å². The summed E-state index contributed by atoms with van der Waals surface area (Å²) in [4.78, 5) is 1.17. The Morgan fingerprint density at radius 1 is 1.50 bits per heavy atom. The minimum absolute atomic E-state index is 0.111. The Kier molecular flexibility index (Phi) is 3.56. The van der Waals surface area contributed by atoms with Gasteiger partial charge in [-0.05, 0) is 30.6 Å². The van der Waals surface area contributed by atoms with Gasteiger partial charge >= 0.3 is 0 Å². The average Bonchev–Trinajstić information content (AvgIpc) is 2.88. The quantitative estimate of drug-likeness (QED) is 0.875. The maximum Gasteiger partial charge on any atom is 0.115 e. The van der Waals surface area contributed by atoms with Crippen LogP contribution in [0, 0.1) is 0 Å². The SMILES string of the molecule is CNC(C1=CCCO1)c1snnc1C(C)C. The van der Waals surface area contributed by atoms with Crippen molar-refractivity contribution in [3.05, 3.63) is 22.4 Å². The molecule has 0 radical (unpaired) electrons. The number of aromatic nitrogens is 2. The number of likely N-dealkylation sites (N-methyl/N-ethyl adjacent to an activating group) is 1. The van der Waals surface area contributed by atoms with Crippen LogP contribution in [0.15, 0.2) is 11.8 Å². The average molecular weight is 239 g/mol. The molecule has 1 aliphatic heterocycles. The molecule has 1 unspecified atom stereocenters. The van der Waals surface area contributed by atoms with Gasteiger partial charge in [-0.15, -0.1) is 5.10 Å². The van der Waals surface area contributed by atoms with Crippen molar-refractivity contribution < 1.29 is 4.74 Å². The van der Waals surface area contributed by atoms with Crippen LogP contribution in [0.25, 0.3) is 0 Å². The Hall–Kier alpha value is -0.940. The zero-order chi connectivity index (χ0) is 11.5. The smallest absolute Gasteiger partial charge is 0.115 e. The van der Waals surface area contributed by atoms with E-state index in [9.17, 15) is 0 Å². The summed E-state index contributed by atoms with van der Waals surface area (Å²) >= 11 is 1.45. The molecule has 0 saturated heterocycles. The molecule has 1 atom stereocenters. The summed E-state index contributed by atoms with van der Waals surface area (Å²) in [6.45, 7) is 5.06. The fraction of sp³-hybridized carbons (Fsp3) is 0.636. The van der Waals surface area contributed by atoms with Crippen LogP contribution >= 0.6 is 11.5 Å². The minimum atomic E-state index is 0.111. The Morgan fingerprint density at radius 3 is 2.88 bits per heavy atom. The molecule has 0 fully saturated rings. The summed E-state index contributed by atoms with van der Waals surface area (Å²) in [5.74, 6) is 1.40. The summed E-state index contributed by atoms with van der Waals surface area (Å²) in [7, 11) is 1.94. The van der Waals surface area contributed by atoms with E-state index in [-0.39, 0.29) is 6.04 Å². The highest BCUT2D eigenvalue weighted by molar-refractivity contribution is 7.05. The largest absolute Gasteiger partial charge is 0.496 e. The first-order valence-electron chi connectivity index (χ1n) is 5.56. The molecular formula is C11H17N3OS. The van der Waals surface area contributed by atoms with Crippen molar-refractivity contribution in [3.8, 4) is 0 Å². The Balaban J connectivity index is 2.29. The summed E-state index contributed by atoms with van der Waals surface area (Å²) in [6.07, 6.45) is 3.14. The fourth-order valence-corrected chi connectivity index (χ4v) is 2.77. The van der Waals surface area contributed by atoms with Gasteiger partial charge in [-0.1, -0.05) is 18.3 Å². The fourth-order valence-electron chi connectivity index (χ4n) is 1.85. The van der Waals surface area contributed by atoms with E-state index in [1.165, 1.54) is 16.4 Å². The Morgan fingerprint density at radius 2 is 2.31 bits per heavy atom. The zero-order valence-corrected chi connectivity index (χ0v) is 10.7. The summed E-state index contributed by atoms with van der Waals surface area (Å²) in [5.41, 5.74) is 1.07. The molecule has 0 aromatic carbocycles. The van der Waals surface area contributed by atoms with Crippen LogP contribution in [0.2, 0.25) is 0 Å². The van der Waals surface area contributed by atoms with Crippen molar-refractivity contribution in [2.75, 3.05) is 13.7 Å². The standard InChI is InChI=1S/C11H17N3OS/c1-7(2)9-11(16-14-13-9)10(12-3)8-5-4-6-15-8/h5,7,10,12H,4,6H2,1-3H3. The van der Waals surface area contributed by atoms with Gasteiger partial charge in [0.2, 0.25) is 0 Å². The number of rotatable bonds is 4. The topological polar surface area (TPSA) is 47.0 Å². The maximum atomic E-state index is 5.61. The summed E-state index contributed by atoms with van der Waals surface area (Å²) in [5, 5.41) is 7.48. The van der Waals surface area contributed by atoms with Crippen LogP contribution in [-0.2, 0) is 4.74 Å². The van der Waals surface area contributed by atoms with E-state index in [0.29, 0.717) is 5.92 Å². The second-order valence-corrected chi connectivity index (χ2v) is 4.93. The van der Waals surface area contributed by atoms with Crippen molar-refractivity contribution in [2.45, 2.75) is 32.2 Å². The van der Waals surface area contributed by atoms with Gasteiger partial charge in [0.05, 0.1) is 17.2 Å². The molecule has 2 rings (SSSR count). The number of nitrogens with one attached hydrogen (secondary N) is 1. The molecule has 0 aliphatic carbocycles. The van der Waals surface area contributed by atoms with E-state index in [2.05, 4.69) is 34.8 Å². The molecule has 1 aromatic heterocycles. The first-order chi connectivity index (χ1) is 7.74. The van der Waals surface area contributed by atoms with Gasteiger partial charge in [0.15, 0.2) is 0 Å². The highest BCUT2D eigenvalue weighted by Crippen LogP contribution is 2.32. The lowest BCUT2D eigenvalue weighted by molar-refractivity contribution is 0.218. The van der Waals surface area contributed by atoms with Gasteiger partial charge in [0.25, 0.3) is 0 Å². The number of nitrogens with zero attached hydrogens (tertiary/aromatic N) is 2. The van der Waals surface area contributed by atoms with Crippen LogP contribution in [0.1, 0.15) is 42.8 Å². The van der Waals surface area contributed by atoms with Crippen molar-refractivity contribution in [2.24, 2.45) is 0 Å². The van der Waals surface area contributed by atoms with Crippen LogP contribution < -0.4 is 5.32 Å². The molecule has 1 N–H and O–H groups in total. The maximum absolute atomic E-state index is 5.61. The van der Waals surface area contributed by atoms with E-state index < -0.39 is 0 Å². The van der Waals surface area contributed by atoms with Crippen LogP contribution in [0.3, 0.4) is 0 Å². The minimum Gasteiger partial charge on any atom is -0.496 e. The third-order valence-electron chi connectivity index (χ3n) is 2.65. The molecule has 0 bridgehead atoms. The normalized spacial score (nSPS) is 17.4. The third-order valence-corrected chi connectivity index (χ3v) is 3.46. The molecule has 5 heteroatoms. The molecule has 1 aliphatic rings. The van der Waals surface area contributed by atoms with E-state index in [0.717, 1.165) is 24.5 Å². The van der Waals surface area contributed by atoms with Gasteiger partial charge in [-0.2, -0.15) is 0 Å². The monoisotopic (exact) mass is 239 g/mol. The predicted molar refractivity (Wildman–Crippen MR) is 64.5 cm³/mol. The molecular weight excluding hydrogens is 222 g/mol. The van der Waals surface area contributed by atoms with E-state index in [1.54, 1.807) is 0 Å². The number of hydrogen-bond acceptors (Lipinski definition) is 5. The third kappa shape index (κ3) is 2.10. The molecule has 0 spiro atoms. The van der Waals surface area contributed by atoms with Crippen LogP contribution in [0.4, 0.5) is 0 Å². The molecule has 1 aromatic rings. The van der Waals surface area contributed by atoms with Crippen LogP contribution in [0.5, 0.6) is 0 Å². The second-order valence-electron chi connectivity index (χ2n) is 4.14. The lowest BCUT2D eigenvalue weighted by Crippen LogP contribution is -2.19. The highest BCUT2D eigenvalue weighted by atomic mass is 32.1. The highest BCUT2D eigenvalue weighted by Gasteiger charge is 2.25. The van der Waals surface area contributed by atoms with E-state index in [4.69, 9.17) is 4.74 Å². The number of ether oxygens (including phenoxy) is 1. The molecule has 2 heterocycles. The molecule has 16 heavy (non-hydrogen) atoms. The van der Waals surface area contributed by atoms with Gasteiger partial charge in [0, 0.05) is 6.42 Å². The lowest BCUT2D eigenvalue weighted by Gasteiger charge is -2.17. The van der Waals surface area contributed by atoms with E-state index in [1.807, 2.05) is 7.05 Å². The van der Waals surface area contributed by atoms with Gasteiger partial charge in [-0.25, -0.2) is 0 Å². The van der Waals surface area contributed by atoms with E-state index >= 15 is 0 Å². The second kappa shape index (κ2) is 4.93. The predicted octanol–water partition coefficient (Wildman–Crippen LogP) is 2.23. The van der Waals surface area contributed by atoms with Crippen molar-refractivity contribution in [1.82, 2.24) is 14.9 Å². The summed E-state index contributed by atoms with van der Waals surface area (Å²) in [6, 6.07) is 0.111. The molecule has 0 saturated carbocycles. The molecule has 4 nitrogen and oxygen atoms in total. The zero-order valence-electron chi connectivity index (χ0n) is 9.86. The van der Waals surface area contributed by atoms with Crippen molar-refractivity contribution in [3.63, 3.8) is 0 Å². The summed E-state index contributed by atoms with van der Waals surface area (Å²) < 4.78 is 9.67. The van der Waals surface area contributed by atoms with Gasteiger partial charge in [0.1, 0.15) is 11.8 Å². The first-order valence-corrected chi connectivity index (χ1v) is 6.33. The molecule has 0 amide bonds. The lowest BCUT2D eigenvalue weighted by atomic mass is 10.0. The first kappa shape index (κ1) is 11.5. The number of hydrogen-bond donors (Lipinski definition) is 1. The van der Waals surface area contributed by atoms with Gasteiger partial charge < -0.3 is 10.1 Å². The Bertz CT molecular complexity index is 386. The molecule has 88 valence electrons. The van der Waals surface area contributed by atoms with Crippen molar-refractivity contribution in [1.29, 1.82) is 0 Å². The van der Waals surface area contributed by atoms with Gasteiger partial charge in [-0.3, -0.25) is 0 Å². The van der Waals surface area contributed by atoms with Crippen LogP contribution in [-0.4, -0.2) is 23.2 Å².